The Morgan fingerprint density at radius 1 is 1.33 bits per heavy atom. The molecule has 11 heteroatoms. The summed E-state index contributed by atoms with van der Waals surface area (Å²) in [5.41, 5.74) is 14.9. The molecular formula is C19H23FN8OS. The Morgan fingerprint density at radius 3 is 2.77 bits per heavy atom. The van der Waals surface area contributed by atoms with Crippen LogP contribution in [-0.4, -0.2) is 50.2 Å². The summed E-state index contributed by atoms with van der Waals surface area (Å²) >= 11 is 1.59. The minimum absolute atomic E-state index is 0.227. The molecular weight excluding hydrogens is 407 g/mol. The zero-order valence-electron chi connectivity index (χ0n) is 16.3. The topological polar surface area (TPSA) is 128 Å². The van der Waals surface area contributed by atoms with E-state index in [0.29, 0.717) is 12.2 Å². The van der Waals surface area contributed by atoms with Gasteiger partial charge in [0.15, 0.2) is 5.82 Å². The number of piperidine rings is 1. The van der Waals surface area contributed by atoms with Gasteiger partial charge in [-0.25, -0.2) is 9.97 Å². The van der Waals surface area contributed by atoms with E-state index in [9.17, 15) is 9.18 Å². The Bertz CT molecular complexity index is 1010. The third-order valence-electron chi connectivity index (χ3n) is 5.49. The number of carbonyl (C=O) groups excluding carboxylic acids is 1. The van der Waals surface area contributed by atoms with Crippen molar-refractivity contribution >= 4 is 28.7 Å². The molecule has 158 valence electrons. The second kappa shape index (κ2) is 8.46. The number of nitrogens with one attached hydrogen (secondary N) is 1. The van der Waals surface area contributed by atoms with Crippen molar-refractivity contribution in [3.05, 3.63) is 52.6 Å². The minimum Gasteiger partial charge on any atom is -0.365 e. The van der Waals surface area contributed by atoms with Crippen LogP contribution >= 0.6 is 11.3 Å². The van der Waals surface area contributed by atoms with Gasteiger partial charge in [-0.3, -0.25) is 14.4 Å². The second-order valence-electron chi connectivity index (χ2n) is 7.38. The number of hydrogen-bond donors (Lipinski definition) is 3. The van der Waals surface area contributed by atoms with Crippen LogP contribution in [0.25, 0.3) is 0 Å². The van der Waals surface area contributed by atoms with E-state index in [1.54, 1.807) is 28.3 Å². The molecule has 0 unspecified atom stereocenters. The van der Waals surface area contributed by atoms with Crippen LogP contribution in [0.5, 0.6) is 0 Å². The van der Waals surface area contributed by atoms with Gasteiger partial charge in [-0.1, -0.05) is 0 Å². The van der Waals surface area contributed by atoms with E-state index in [4.69, 9.17) is 11.5 Å². The number of aromatic nitrogens is 4. The van der Waals surface area contributed by atoms with E-state index in [1.807, 2.05) is 5.51 Å². The van der Waals surface area contributed by atoms with Gasteiger partial charge < -0.3 is 16.8 Å². The summed E-state index contributed by atoms with van der Waals surface area (Å²) in [7, 11) is 0. The molecule has 1 aliphatic heterocycles. The number of likely N-dealkylation sites (tertiary alicyclic amines) is 1. The molecule has 1 amide bonds. The number of nitrogens with zero attached hydrogens (tertiary/aromatic N) is 5. The predicted molar refractivity (Wildman–Crippen MR) is 112 cm³/mol. The van der Waals surface area contributed by atoms with Crippen molar-refractivity contribution < 1.29 is 9.18 Å². The lowest BCUT2D eigenvalue weighted by molar-refractivity contribution is 0.0981. The van der Waals surface area contributed by atoms with Crippen molar-refractivity contribution in [1.29, 1.82) is 0 Å². The van der Waals surface area contributed by atoms with Gasteiger partial charge in [-0.2, -0.15) is 9.49 Å². The van der Waals surface area contributed by atoms with Gasteiger partial charge >= 0.3 is 0 Å². The molecule has 9 nitrogen and oxygen atoms in total. The number of pyridine rings is 1. The monoisotopic (exact) mass is 430 g/mol. The maximum absolute atomic E-state index is 13.4. The Hall–Kier alpha value is -2.89. The van der Waals surface area contributed by atoms with Gasteiger partial charge in [-0.15, -0.1) is 11.3 Å². The van der Waals surface area contributed by atoms with Crippen LogP contribution in [0.4, 0.5) is 15.9 Å². The second-order valence-corrected chi connectivity index (χ2v) is 8.10. The first-order valence-electron chi connectivity index (χ1n) is 9.57. The largest absolute Gasteiger partial charge is 0.365 e. The Morgan fingerprint density at radius 2 is 2.13 bits per heavy atom. The summed E-state index contributed by atoms with van der Waals surface area (Å²) in [6.45, 7) is 2.84. The van der Waals surface area contributed by atoms with Gasteiger partial charge in [0, 0.05) is 55.7 Å². The fourth-order valence-corrected chi connectivity index (χ4v) is 4.25. The first-order valence-corrected chi connectivity index (χ1v) is 10.5. The van der Waals surface area contributed by atoms with Crippen LogP contribution < -0.4 is 16.8 Å². The quantitative estimate of drug-likeness (QED) is 0.486. The molecule has 1 saturated heterocycles. The first kappa shape index (κ1) is 20.4. The number of nitrogens with two attached hydrogens (primary N) is 2. The van der Waals surface area contributed by atoms with Crippen LogP contribution in [0.3, 0.4) is 0 Å². The molecule has 0 radical (unpaired) electrons. The van der Waals surface area contributed by atoms with E-state index < -0.39 is 17.4 Å². The van der Waals surface area contributed by atoms with E-state index in [0.717, 1.165) is 38.2 Å². The molecule has 4 rings (SSSR count). The highest BCUT2D eigenvalue weighted by Crippen LogP contribution is 2.32. The molecule has 0 saturated carbocycles. The number of carbonyl (C=O) groups is 1. The number of amides is 1. The molecule has 0 aromatic carbocycles. The normalized spacial score (nSPS) is 16.5. The Labute approximate surface area is 176 Å². The molecule has 4 heterocycles. The maximum Gasteiger partial charge on any atom is 0.254 e. The number of halogens is 1. The Kier molecular flexibility index (Phi) is 5.75. The smallest absolute Gasteiger partial charge is 0.254 e. The summed E-state index contributed by atoms with van der Waals surface area (Å²) in [5.74, 6) is -0.983. The number of thiazole rings is 1. The summed E-state index contributed by atoms with van der Waals surface area (Å²) in [4.78, 5) is 22.2. The molecule has 0 atom stereocenters. The van der Waals surface area contributed by atoms with Crippen LogP contribution in [0.2, 0.25) is 0 Å². The zero-order chi connectivity index (χ0) is 21.1. The molecule has 3 aromatic rings. The van der Waals surface area contributed by atoms with Crippen LogP contribution in [0.15, 0.2) is 35.4 Å². The van der Waals surface area contributed by atoms with Gasteiger partial charge in [0.05, 0.1) is 16.7 Å². The minimum atomic E-state index is -0.633. The average Bonchev–Trinajstić information content (AvgIpc) is 3.39. The molecule has 30 heavy (non-hydrogen) atoms. The van der Waals surface area contributed by atoms with Crippen LogP contribution in [0, 0.1) is 5.95 Å². The fourth-order valence-electron chi connectivity index (χ4n) is 3.71. The van der Waals surface area contributed by atoms with Crippen LogP contribution in [-0.2, 0) is 12.1 Å². The third kappa shape index (κ3) is 4.18. The third-order valence-corrected chi connectivity index (χ3v) is 6.13. The average molecular weight is 431 g/mol. The first-order chi connectivity index (χ1) is 14.5. The van der Waals surface area contributed by atoms with Gasteiger partial charge in [0.1, 0.15) is 5.56 Å². The van der Waals surface area contributed by atoms with Crippen molar-refractivity contribution in [3.63, 3.8) is 0 Å². The van der Waals surface area contributed by atoms with Crippen LogP contribution in [0.1, 0.15) is 28.9 Å². The van der Waals surface area contributed by atoms with E-state index in [2.05, 4.69) is 30.7 Å². The van der Waals surface area contributed by atoms with Gasteiger partial charge in [0.25, 0.3) is 5.91 Å². The summed E-state index contributed by atoms with van der Waals surface area (Å²) in [6, 6.07) is 2.81. The highest BCUT2D eigenvalue weighted by atomic mass is 32.1. The lowest BCUT2D eigenvalue weighted by Gasteiger charge is -2.41. The van der Waals surface area contributed by atoms with Gasteiger partial charge in [0.2, 0.25) is 5.95 Å². The number of hydrogen-bond acceptors (Lipinski definition) is 8. The summed E-state index contributed by atoms with van der Waals surface area (Å²) < 4.78 is 15.2. The van der Waals surface area contributed by atoms with Crippen molar-refractivity contribution in [2.75, 3.05) is 25.0 Å². The maximum atomic E-state index is 13.4. The molecule has 0 spiro atoms. The van der Waals surface area contributed by atoms with E-state index >= 15 is 0 Å². The van der Waals surface area contributed by atoms with Crippen molar-refractivity contribution in [1.82, 2.24) is 24.6 Å². The molecule has 5 N–H and O–H groups in total. The predicted octanol–water partition coefficient (Wildman–Crippen LogP) is 1.67. The molecule has 0 bridgehead atoms. The summed E-state index contributed by atoms with van der Waals surface area (Å²) in [5, 5.41) is 9.59. The standard InChI is InChI=1S/C19H23FN8OS/c20-16-7-13(1-4-23-16)25-18-15(17(22)29)9-28(26-18)19(11-21)2-5-27(6-3-19)8-14-10-30-12-24-14/h1,4,7,9-10,12H,2-3,5-6,8,11,21H2,(H2,22,29)(H,23,25,26). The highest BCUT2D eigenvalue weighted by Gasteiger charge is 2.37. The molecule has 1 fully saturated rings. The number of primary amides is 1. The molecule has 1 aliphatic rings. The highest BCUT2D eigenvalue weighted by molar-refractivity contribution is 7.07. The van der Waals surface area contributed by atoms with E-state index in [-0.39, 0.29) is 11.4 Å². The van der Waals surface area contributed by atoms with E-state index in [1.165, 1.54) is 12.3 Å². The van der Waals surface area contributed by atoms with Crippen molar-refractivity contribution in [2.45, 2.75) is 24.9 Å². The Balaban J connectivity index is 1.55. The lowest BCUT2D eigenvalue weighted by atomic mass is 9.87. The van der Waals surface area contributed by atoms with Crippen molar-refractivity contribution in [2.24, 2.45) is 11.5 Å². The number of rotatable bonds is 7. The number of anilines is 2. The fraction of sp³-hybridized carbons (Fsp3) is 0.368. The lowest BCUT2D eigenvalue weighted by Crippen LogP contribution is -2.50. The van der Waals surface area contributed by atoms with Gasteiger partial charge in [-0.05, 0) is 18.9 Å². The molecule has 3 aromatic heterocycles. The summed E-state index contributed by atoms with van der Waals surface area (Å²) in [6.07, 6.45) is 4.51. The van der Waals surface area contributed by atoms with Crippen molar-refractivity contribution in [3.8, 4) is 0 Å². The molecule has 0 aliphatic carbocycles. The SMILES string of the molecule is NCC1(n2cc(C(N)=O)c(Nc3ccnc(F)c3)n2)CCN(Cc2cscn2)CC1. The zero-order valence-corrected chi connectivity index (χ0v) is 17.1.